The number of rotatable bonds is 2. The van der Waals surface area contributed by atoms with Gasteiger partial charge in [0.05, 0.1) is 9.70 Å². The highest BCUT2D eigenvalue weighted by Gasteiger charge is 2.33. The van der Waals surface area contributed by atoms with E-state index in [2.05, 4.69) is 28.1 Å². The van der Waals surface area contributed by atoms with Gasteiger partial charge in [-0.05, 0) is 46.5 Å². The van der Waals surface area contributed by atoms with Gasteiger partial charge in [0.25, 0.3) is 0 Å². The van der Waals surface area contributed by atoms with Gasteiger partial charge in [-0.3, -0.25) is 4.79 Å². The maximum absolute atomic E-state index is 12.4. The zero-order valence-corrected chi connectivity index (χ0v) is 11.8. The van der Waals surface area contributed by atoms with Gasteiger partial charge in [0.2, 0.25) is 0 Å². The van der Waals surface area contributed by atoms with Crippen molar-refractivity contribution in [2.75, 3.05) is 0 Å². The van der Waals surface area contributed by atoms with Gasteiger partial charge >= 0.3 is 0 Å². The molecule has 86 valence electrons. The van der Waals surface area contributed by atoms with E-state index in [4.69, 9.17) is 0 Å². The first-order chi connectivity index (χ1) is 8.16. The lowest BCUT2D eigenvalue weighted by atomic mass is 9.74. The van der Waals surface area contributed by atoms with E-state index >= 15 is 0 Å². The van der Waals surface area contributed by atoms with Gasteiger partial charge in [-0.1, -0.05) is 24.3 Å². The fraction of sp³-hybridized carbons (Fsp3) is 0.214. The molecule has 1 aliphatic rings. The van der Waals surface area contributed by atoms with Crippen LogP contribution in [0.25, 0.3) is 0 Å². The van der Waals surface area contributed by atoms with Crippen molar-refractivity contribution in [2.45, 2.75) is 19.3 Å². The molecule has 0 saturated carbocycles. The second kappa shape index (κ2) is 4.07. The number of ketones is 1. The summed E-state index contributed by atoms with van der Waals surface area (Å²) in [6, 6.07) is 10.2. The quantitative estimate of drug-likeness (QED) is 0.754. The second-order valence-corrected chi connectivity index (χ2v) is 6.98. The van der Waals surface area contributed by atoms with Crippen LogP contribution in [-0.4, -0.2) is 5.78 Å². The first-order valence-electron chi connectivity index (χ1n) is 5.55. The normalized spacial score (nSPS) is 17.4. The molecule has 3 rings (SSSR count). The summed E-state index contributed by atoms with van der Waals surface area (Å²) >= 11 is 5.07. The molecular formula is C14H11BrOS. The number of benzene rings is 1. The Bertz CT molecular complexity index is 600. The molecule has 0 N–H and O–H groups in total. The smallest absolute Gasteiger partial charge is 0.171 e. The molecule has 1 aliphatic carbocycles. The van der Waals surface area contributed by atoms with Crippen LogP contribution in [0.15, 0.2) is 34.1 Å². The first-order valence-corrected chi connectivity index (χ1v) is 7.15. The molecule has 1 nitrogen and oxygen atoms in total. The zero-order valence-electron chi connectivity index (χ0n) is 9.37. The lowest BCUT2D eigenvalue weighted by Crippen LogP contribution is -2.25. The van der Waals surface area contributed by atoms with E-state index in [0.29, 0.717) is 0 Å². The van der Waals surface area contributed by atoms with Crippen LogP contribution in [0.3, 0.4) is 0 Å². The van der Waals surface area contributed by atoms with Gasteiger partial charge in [0.15, 0.2) is 5.78 Å². The van der Waals surface area contributed by atoms with Crippen LogP contribution in [0.1, 0.15) is 32.3 Å². The Morgan fingerprint density at radius 3 is 2.82 bits per heavy atom. The van der Waals surface area contributed by atoms with Crippen molar-refractivity contribution >= 4 is 33.0 Å². The minimum atomic E-state index is 0.0754. The van der Waals surface area contributed by atoms with E-state index in [1.807, 2.05) is 25.1 Å². The Labute approximate surface area is 113 Å². The summed E-state index contributed by atoms with van der Waals surface area (Å²) in [6.07, 6.45) is 0.891. The second-order valence-electron chi connectivity index (χ2n) is 4.34. The Morgan fingerprint density at radius 2 is 2.18 bits per heavy atom. The topological polar surface area (TPSA) is 17.1 Å². The highest BCUT2D eigenvalue weighted by molar-refractivity contribution is 9.11. The lowest BCUT2D eigenvalue weighted by molar-refractivity contribution is 0.0949. The minimum absolute atomic E-state index is 0.0754. The van der Waals surface area contributed by atoms with Crippen LogP contribution < -0.4 is 0 Å². The Morgan fingerprint density at radius 1 is 1.41 bits per heavy atom. The maximum Gasteiger partial charge on any atom is 0.171 e. The SMILES string of the molecule is Cc1sc(Br)cc1C(=O)C1Cc2ccccc21. The number of aryl methyl sites for hydroxylation is 1. The zero-order chi connectivity index (χ0) is 12.0. The third-order valence-electron chi connectivity index (χ3n) is 3.32. The van der Waals surface area contributed by atoms with E-state index in [1.165, 1.54) is 11.1 Å². The molecule has 0 spiro atoms. The fourth-order valence-corrected chi connectivity index (χ4v) is 4.07. The number of carbonyl (C=O) groups is 1. The van der Waals surface area contributed by atoms with Gasteiger partial charge in [0.1, 0.15) is 0 Å². The van der Waals surface area contributed by atoms with Crippen molar-refractivity contribution < 1.29 is 4.79 Å². The molecule has 3 heteroatoms. The molecule has 0 saturated heterocycles. The highest BCUT2D eigenvalue weighted by atomic mass is 79.9. The number of Topliss-reactive ketones (excluding diaryl/α,β-unsaturated/α-hetero) is 1. The summed E-state index contributed by atoms with van der Waals surface area (Å²) in [7, 11) is 0. The van der Waals surface area contributed by atoms with Gasteiger partial charge < -0.3 is 0 Å². The van der Waals surface area contributed by atoms with Crippen LogP contribution in [0, 0.1) is 6.92 Å². The van der Waals surface area contributed by atoms with Crippen molar-refractivity contribution in [2.24, 2.45) is 0 Å². The Kier molecular flexibility index (Phi) is 2.68. The van der Waals surface area contributed by atoms with Crippen molar-refractivity contribution in [1.29, 1.82) is 0 Å². The third kappa shape index (κ3) is 1.78. The molecule has 0 radical (unpaired) electrons. The number of carbonyl (C=O) groups excluding carboxylic acids is 1. The van der Waals surface area contributed by atoms with Crippen LogP contribution in [-0.2, 0) is 6.42 Å². The monoisotopic (exact) mass is 306 g/mol. The number of thiophene rings is 1. The Hall–Kier alpha value is -0.930. The largest absolute Gasteiger partial charge is 0.293 e. The standard InChI is InChI=1S/C14H11BrOS/c1-8-11(7-13(15)17-8)14(16)12-6-9-4-2-3-5-10(9)12/h2-5,7,12H,6H2,1H3. The maximum atomic E-state index is 12.4. The van der Waals surface area contributed by atoms with Crippen LogP contribution in [0.2, 0.25) is 0 Å². The van der Waals surface area contributed by atoms with Crippen molar-refractivity contribution in [3.8, 4) is 0 Å². The molecule has 0 aliphatic heterocycles. The van der Waals surface area contributed by atoms with E-state index in [9.17, 15) is 4.79 Å². The number of fused-ring (bicyclic) bond motifs is 1. The average molecular weight is 307 g/mol. The molecule has 1 aromatic heterocycles. The molecule has 1 atom stereocenters. The Balaban J connectivity index is 1.94. The molecule has 17 heavy (non-hydrogen) atoms. The predicted octanol–water partition coefficient (Wildman–Crippen LogP) is 4.34. The summed E-state index contributed by atoms with van der Waals surface area (Å²) in [6.45, 7) is 2.01. The highest BCUT2D eigenvalue weighted by Crippen LogP contribution is 2.39. The van der Waals surface area contributed by atoms with Gasteiger partial charge in [-0.2, -0.15) is 0 Å². The molecule has 0 bridgehead atoms. The first kappa shape index (κ1) is 11.2. The van der Waals surface area contributed by atoms with Crippen molar-refractivity contribution in [1.82, 2.24) is 0 Å². The van der Waals surface area contributed by atoms with Crippen LogP contribution in [0.4, 0.5) is 0 Å². The molecule has 1 aromatic carbocycles. The summed E-state index contributed by atoms with van der Waals surface area (Å²) in [5.41, 5.74) is 3.40. The predicted molar refractivity (Wildman–Crippen MR) is 74.0 cm³/mol. The molecule has 0 amide bonds. The van der Waals surface area contributed by atoms with Crippen LogP contribution >= 0.6 is 27.3 Å². The van der Waals surface area contributed by atoms with Gasteiger partial charge in [-0.25, -0.2) is 0 Å². The molecule has 1 unspecified atom stereocenters. The number of hydrogen-bond donors (Lipinski definition) is 0. The molecule has 1 heterocycles. The van der Waals surface area contributed by atoms with Gasteiger partial charge in [-0.15, -0.1) is 11.3 Å². The number of halogens is 1. The average Bonchev–Trinajstić information content (AvgIpc) is 2.59. The summed E-state index contributed by atoms with van der Waals surface area (Å²) < 4.78 is 1.03. The van der Waals surface area contributed by atoms with Crippen LogP contribution in [0.5, 0.6) is 0 Å². The van der Waals surface area contributed by atoms with E-state index in [-0.39, 0.29) is 11.7 Å². The van der Waals surface area contributed by atoms with Gasteiger partial charge in [0, 0.05) is 10.4 Å². The lowest BCUT2D eigenvalue weighted by Gasteiger charge is -2.28. The van der Waals surface area contributed by atoms with E-state index in [1.54, 1.807) is 11.3 Å². The molecule has 2 aromatic rings. The van der Waals surface area contributed by atoms with Crippen molar-refractivity contribution in [3.05, 3.63) is 55.7 Å². The fourth-order valence-electron chi connectivity index (χ4n) is 2.37. The summed E-state index contributed by atoms with van der Waals surface area (Å²) in [5, 5.41) is 0. The molecule has 0 fully saturated rings. The van der Waals surface area contributed by atoms with Crippen molar-refractivity contribution in [3.63, 3.8) is 0 Å². The summed E-state index contributed by atoms with van der Waals surface area (Å²) in [5.74, 6) is 0.342. The minimum Gasteiger partial charge on any atom is -0.293 e. The van der Waals surface area contributed by atoms with E-state index < -0.39 is 0 Å². The molecular weight excluding hydrogens is 296 g/mol. The third-order valence-corrected chi connectivity index (χ3v) is 4.88. The number of hydrogen-bond acceptors (Lipinski definition) is 2. The summed E-state index contributed by atoms with van der Waals surface area (Å²) in [4.78, 5) is 13.5. The van der Waals surface area contributed by atoms with E-state index in [0.717, 1.165) is 20.6 Å².